The number of aromatic nitrogens is 1. The molecule has 2 heterocycles. The lowest BCUT2D eigenvalue weighted by Crippen LogP contribution is -2.40. The van der Waals surface area contributed by atoms with Gasteiger partial charge >= 0.3 is 0 Å². The summed E-state index contributed by atoms with van der Waals surface area (Å²) in [6.45, 7) is 5.09. The van der Waals surface area contributed by atoms with Gasteiger partial charge in [0.15, 0.2) is 0 Å². The van der Waals surface area contributed by atoms with Crippen molar-refractivity contribution in [3.05, 3.63) is 36.0 Å². The van der Waals surface area contributed by atoms with Crippen LogP contribution in [0.1, 0.15) is 38.2 Å². The molecule has 0 spiro atoms. The van der Waals surface area contributed by atoms with Gasteiger partial charge in [-0.05, 0) is 69.6 Å². The second-order valence-corrected chi connectivity index (χ2v) is 8.41. The Labute approximate surface area is 168 Å². The number of Topliss-reactive ketones (excluding diaryl/α,β-unsaturated/α-hetero) is 1. The van der Waals surface area contributed by atoms with Gasteiger partial charge in [-0.3, -0.25) is 9.78 Å². The van der Waals surface area contributed by atoms with E-state index >= 15 is 0 Å². The average Bonchev–Trinajstić information content (AvgIpc) is 2.66. The van der Waals surface area contributed by atoms with Crippen molar-refractivity contribution in [2.24, 2.45) is 11.8 Å². The van der Waals surface area contributed by atoms with Crippen molar-refractivity contribution >= 4 is 22.4 Å². The fourth-order valence-corrected chi connectivity index (χ4v) is 4.37. The Kier molecular flexibility index (Phi) is 6.64. The highest BCUT2D eigenvalue weighted by Gasteiger charge is 2.27. The summed E-state index contributed by atoms with van der Waals surface area (Å²) >= 11 is 0. The number of rotatable bonds is 7. The fraction of sp³-hybridized carbons (Fsp3) is 0.522. The lowest BCUT2D eigenvalue weighted by atomic mass is 9.86. The van der Waals surface area contributed by atoms with Crippen LogP contribution in [0, 0.1) is 23.2 Å². The van der Waals surface area contributed by atoms with E-state index in [1.54, 1.807) is 6.20 Å². The number of pyridine rings is 1. The molecule has 0 saturated carbocycles. The third-order valence-electron chi connectivity index (χ3n) is 5.53. The van der Waals surface area contributed by atoms with E-state index in [4.69, 9.17) is 0 Å². The van der Waals surface area contributed by atoms with Crippen LogP contribution in [0.3, 0.4) is 0 Å². The molecule has 5 nitrogen and oxygen atoms in total. The Morgan fingerprint density at radius 1 is 1.32 bits per heavy atom. The molecule has 1 aliphatic rings. The molecule has 0 N–H and O–H groups in total. The van der Waals surface area contributed by atoms with Gasteiger partial charge in [0.25, 0.3) is 0 Å². The first kappa shape index (κ1) is 20.3. The molecule has 1 aromatic heterocycles. The number of ketones is 1. The van der Waals surface area contributed by atoms with Crippen LogP contribution < -0.4 is 4.90 Å². The average molecular weight is 379 g/mol. The van der Waals surface area contributed by atoms with Gasteiger partial charge in [0.2, 0.25) is 0 Å². The van der Waals surface area contributed by atoms with Crippen LogP contribution in [0.5, 0.6) is 0 Å². The number of fused-ring (bicyclic) bond motifs is 1. The smallest absolute Gasteiger partial charge is 0.133 e. The number of anilines is 1. The fourth-order valence-electron chi connectivity index (χ4n) is 4.37. The molecule has 28 heavy (non-hydrogen) atoms. The SMILES string of the molecule is C[C@H]1C[C@@H](CC(=O)CCCN(C)C)CN(c2ccc(C#N)c3ncccc23)C1. The number of carbonyl (C=O) groups is 1. The second-order valence-electron chi connectivity index (χ2n) is 8.41. The maximum Gasteiger partial charge on any atom is 0.133 e. The van der Waals surface area contributed by atoms with E-state index in [9.17, 15) is 10.1 Å². The minimum Gasteiger partial charge on any atom is -0.370 e. The van der Waals surface area contributed by atoms with E-state index < -0.39 is 0 Å². The van der Waals surface area contributed by atoms with Crippen LogP contribution in [-0.2, 0) is 4.79 Å². The zero-order valence-corrected chi connectivity index (χ0v) is 17.2. The Morgan fingerprint density at radius 2 is 2.14 bits per heavy atom. The molecule has 1 saturated heterocycles. The molecule has 0 radical (unpaired) electrons. The van der Waals surface area contributed by atoms with Crippen LogP contribution >= 0.6 is 0 Å². The summed E-state index contributed by atoms with van der Waals surface area (Å²) in [6.07, 6.45) is 5.11. The van der Waals surface area contributed by atoms with E-state index in [-0.39, 0.29) is 0 Å². The molecule has 148 valence electrons. The molecular formula is C23H30N4O. The standard InChI is InChI=1S/C23H30N4O/c1-17-12-18(13-20(28)6-5-11-26(2)3)16-27(15-17)22-9-8-19(14-24)23-21(22)7-4-10-25-23/h4,7-10,17-18H,5-6,11-13,15-16H2,1-3H3/t17-,18-/m0/s1. The van der Waals surface area contributed by atoms with Crippen molar-refractivity contribution in [2.75, 3.05) is 38.6 Å². The van der Waals surface area contributed by atoms with E-state index in [1.165, 1.54) is 0 Å². The highest BCUT2D eigenvalue weighted by atomic mass is 16.1. The highest BCUT2D eigenvalue weighted by molar-refractivity contribution is 5.95. The van der Waals surface area contributed by atoms with Gasteiger partial charge in [0, 0.05) is 43.2 Å². The third kappa shape index (κ3) is 4.88. The van der Waals surface area contributed by atoms with Crippen LogP contribution in [0.25, 0.3) is 10.9 Å². The van der Waals surface area contributed by atoms with E-state index in [2.05, 4.69) is 27.8 Å². The summed E-state index contributed by atoms with van der Waals surface area (Å²) in [7, 11) is 4.09. The van der Waals surface area contributed by atoms with Crippen molar-refractivity contribution in [3.8, 4) is 6.07 Å². The minimum atomic E-state index is 0.382. The van der Waals surface area contributed by atoms with Gasteiger partial charge in [0.05, 0.1) is 11.1 Å². The predicted octanol–water partition coefficient (Wildman–Crippen LogP) is 3.87. The first-order valence-corrected chi connectivity index (χ1v) is 10.2. The Balaban J connectivity index is 1.74. The lowest BCUT2D eigenvalue weighted by molar-refractivity contribution is -0.120. The first-order chi connectivity index (χ1) is 13.5. The van der Waals surface area contributed by atoms with Crippen molar-refractivity contribution < 1.29 is 4.79 Å². The van der Waals surface area contributed by atoms with Gasteiger partial charge in [0.1, 0.15) is 11.9 Å². The van der Waals surface area contributed by atoms with Crippen molar-refractivity contribution in [1.82, 2.24) is 9.88 Å². The summed E-state index contributed by atoms with van der Waals surface area (Å²) < 4.78 is 0. The van der Waals surface area contributed by atoms with Crippen molar-refractivity contribution in [1.29, 1.82) is 5.26 Å². The van der Waals surface area contributed by atoms with Crippen molar-refractivity contribution in [3.63, 3.8) is 0 Å². The van der Waals surface area contributed by atoms with E-state index in [0.29, 0.717) is 36.0 Å². The number of hydrogen-bond donors (Lipinski definition) is 0. The minimum absolute atomic E-state index is 0.382. The molecule has 5 heteroatoms. The molecule has 0 amide bonds. The summed E-state index contributed by atoms with van der Waals surface area (Å²) in [6, 6.07) is 10.1. The molecule has 0 bridgehead atoms. The molecule has 1 aliphatic heterocycles. The summed E-state index contributed by atoms with van der Waals surface area (Å²) in [5, 5.41) is 10.4. The summed E-state index contributed by atoms with van der Waals surface area (Å²) in [5.41, 5.74) is 2.49. The van der Waals surface area contributed by atoms with E-state index in [1.807, 2.05) is 38.4 Å². The Morgan fingerprint density at radius 3 is 2.89 bits per heavy atom. The molecule has 3 rings (SSSR count). The van der Waals surface area contributed by atoms with Crippen LogP contribution in [0.4, 0.5) is 5.69 Å². The number of piperidine rings is 1. The van der Waals surface area contributed by atoms with Gasteiger partial charge in [-0.25, -0.2) is 0 Å². The van der Waals surface area contributed by atoms with Gasteiger partial charge in [-0.2, -0.15) is 5.26 Å². The van der Waals surface area contributed by atoms with Gasteiger partial charge in [-0.1, -0.05) is 6.92 Å². The normalized spacial score (nSPS) is 19.8. The molecular weight excluding hydrogens is 348 g/mol. The number of benzene rings is 1. The summed E-state index contributed by atoms with van der Waals surface area (Å²) in [5.74, 6) is 1.31. The highest BCUT2D eigenvalue weighted by Crippen LogP contribution is 2.33. The number of carbonyl (C=O) groups excluding carboxylic acids is 1. The zero-order valence-electron chi connectivity index (χ0n) is 17.2. The summed E-state index contributed by atoms with van der Waals surface area (Å²) in [4.78, 5) is 21.4. The maximum atomic E-state index is 12.5. The van der Waals surface area contributed by atoms with Gasteiger partial charge < -0.3 is 9.80 Å². The predicted molar refractivity (Wildman–Crippen MR) is 113 cm³/mol. The van der Waals surface area contributed by atoms with E-state index in [0.717, 1.165) is 49.1 Å². The topological polar surface area (TPSA) is 60.2 Å². The number of nitriles is 1. The molecule has 2 aromatic rings. The first-order valence-electron chi connectivity index (χ1n) is 10.2. The molecule has 0 aliphatic carbocycles. The van der Waals surface area contributed by atoms with Crippen LogP contribution in [0.15, 0.2) is 30.5 Å². The molecule has 1 fully saturated rings. The van der Waals surface area contributed by atoms with Crippen LogP contribution in [-0.4, -0.2) is 49.4 Å². The number of nitrogens with zero attached hydrogens (tertiary/aromatic N) is 4. The molecule has 2 atom stereocenters. The Bertz CT molecular complexity index is 871. The largest absolute Gasteiger partial charge is 0.370 e. The monoisotopic (exact) mass is 378 g/mol. The van der Waals surface area contributed by atoms with Crippen molar-refractivity contribution in [2.45, 2.75) is 32.6 Å². The Hall–Kier alpha value is -2.45. The van der Waals surface area contributed by atoms with Gasteiger partial charge in [-0.15, -0.1) is 0 Å². The quantitative estimate of drug-likeness (QED) is 0.732. The molecule has 1 aromatic carbocycles. The van der Waals surface area contributed by atoms with Crippen LogP contribution in [0.2, 0.25) is 0 Å². The number of hydrogen-bond acceptors (Lipinski definition) is 5. The second kappa shape index (κ2) is 9.16. The lowest BCUT2D eigenvalue weighted by Gasteiger charge is -2.38. The third-order valence-corrected chi connectivity index (χ3v) is 5.53. The maximum absolute atomic E-state index is 12.5. The zero-order chi connectivity index (χ0) is 20.1. The molecule has 0 unspecified atom stereocenters.